The zero-order chi connectivity index (χ0) is 21.5. The summed E-state index contributed by atoms with van der Waals surface area (Å²) >= 11 is 0. The van der Waals surface area contributed by atoms with Crippen LogP contribution >= 0.6 is 37.2 Å². The van der Waals surface area contributed by atoms with Gasteiger partial charge >= 0.3 is 0 Å². The Labute approximate surface area is 217 Å². The average molecular weight is 528 g/mol. The highest BCUT2D eigenvalue weighted by Gasteiger charge is 2.12. The molecule has 1 fully saturated rings. The van der Waals surface area contributed by atoms with E-state index in [2.05, 4.69) is 25.9 Å². The van der Waals surface area contributed by atoms with E-state index in [1.54, 1.807) is 30.5 Å². The smallest absolute Gasteiger partial charge is 0.255 e. The minimum Gasteiger partial charge on any atom is -0.397 e. The van der Waals surface area contributed by atoms with Gasteiger partial charge in [-0.3, -0.25) is 15.4 Å². The maximum atomic E-state index is 12.5. The number of carbonyl (C=O) groups is 1. The van der Waals surface area contributed by atoms with E-state index in [9.17, 15) is 4.79 Å². The van der Waals surface area contributed by atoms with Gasteiger partial charge in [-0.1, -0.05) is 24.3 Å². The minimum atomic E-state index is -0.209. The van der Waals surface area contributed by atoms with Crippen LogP contribution in [0.5, 0.6) is 0 Å². The minimum absolute atomic E-state index is 0. The predicted octanol–water partition coefficient (Wildman–Crippen LogP) is 3.32. The van der Waals surface area contributed by atoms with Gasteiger partial charge in [0.25, 0.3) is 5.91 Å². The lowest BCUT2D eigenvalue weighted by Crippen LogP contribution is -2.51. The molecule has 0 bridgehead atoms. The molecule has 1 atom stereocenters. The van der Waals surface area contributed by atoms with Gasteiger partial charge in [0.05, 0.1) is 36.4 Å². The van der Waals surface area contributed by atoms with Crippen molar-refractivity contribution in [2.45, 2.75) is 12.6 Å². The number of rotatable bonds is 7. The fraction of sp³-hybridized carbons (Fsp3) is 0.261. The molecule has 3 aromatic rings. The molecule has 2 heterocycles. The van der Waals surface area contributed by atoms with Crippen molar-refractivity contribution in [1.82, 2.24) is 20.6 Å². The van der Waals surface area contributed by atoms with Crippen molar-refractivity contribution < 1.29 is 9.53 Å². The van der Waals surface area contributed by atoms with Crippen LogP contribution in [0.3, 0.4) is 0 Å². The summed E-state index contributed by atoms with van der Waals surface area (Å²) in [6.07, 6.45) is 2.64. The van der Waals surface area contributed by atoms with Crippen LogP contribution in [0.2, 0.25) is 0 Å². The summed E-state index contributed by atoms with van der Waals surface area (Å²) in [6, 6.07) is 16.4. The average Bonchev–Trinajstić information content (AvgIpc) is 2.81. The van der Waals surface area contributed by atoms with Gasteiger partial charge in [0.2, 0.25) is 0 Å². The Hall–Kier alpha value is -2.46. The molecule has 8 nitrogen and oxygen atoms in total. The molecule has 2 aromatic carbocycles. The van der Waals surface area contributed by atoms with Gasteiger partial charge in [0, 0.05) is 36.8 Å². The number of nitrogens with one attached hydrogen (secondary N) is 3. The van der Waals surface area contributed by atoms with Crippen LogP contribution in [-0.2, 0) is 11.2 Å². The number of morpholine rings is 1. The van der Waals surface area contributed by atoms with Gasteiger partial charge in [-0.05, 0) is 30.3 Å². The number of carbonyl (C=O) groups excluding carboxylic acids is 1. The predicted molar refractivity (Wildman–Crippen MR) is 142 cm³/mol. The summed E-state index contributed by atoms with van der Waals surface area (Å²) in [5.41, 5.74) is 9.32. The van der Waals surface area contributed by atoms with Crippen molar-refractivity contribution in [3.05, 3.63) is 72.2 Å². The first kappa shape index (κ1) is 29.6. The van der Waals surface area contributed by atoms with Gasteiger partial charge in [-0.15, -0.1) is 37.2 Å². The maximum Gasteiger partial charge on any atom is 0.255 e. The van der Waals surface area contributed by atoms with E-state index >= 15 is 0 Å². The van der Waals surface area contributed by atoms with E-state index in [0.717, 1.165) is 36.8 Å². The number of ether oxygens (including phenoxy) is 1. The fourth-order valence-electron chi connectivity index (χ4n) is 3.33. The van der Waals surface area contributed by atoms with Crippen molar-refractivity contribution in [2.24, 2.45) is 0 Å². The molecule has 1 amide bonds. The lowest BCUT2D eigenvalue weighted by atomic mass is 10.1. The number of aromatic nitrogens is 2. The molecule has 1 aliphatic rings. The molecule has 1 unspecified atom stereocenters. The van der Waals surface area contributed by atoms with Crippen LogP contribution in [0.15, 0.2) is 60.8 Å². The van der Waals surface area contributed by atoms with Crippen molar-refractivity contribution >= 4 is 54.5 Å². The van der Waals surface area contributed by atoms with Gasteiger partial charge in [0.15, 0.2) is 0 Å². The molecule has 34 heavy (non-hydrogen) atoms. The summed E-state index contributed by atoms with van der Waals surface area (Å²) < 4.78 is 5.44. The van der Waals surface area contributed by atoms with Crippen LogP contribution < -0.4 is 21.7 Å². The van der Waals surface area contributed by atoms with E-state index in [-0.39, 0.29) is 49.3 Å². The third kappa shape index (κ3) is 8.09. The summed E-state index contributed by atoms with van der Waals surface area (Å²) in [5.74, 6) is 0.558. The summed E-state index contributed by atoms with van der Waals surface area (Å²) in [4.78, 5) is 21.5. The molecule has 4 rings (SSSR count). The van der Waals surface area contributed by atoms with Crippen molar-refractivity contribution in [3.63, 3.8) is 0 Å². The summed E-state index contributed by atoms with van der Waals surface area (Å²) in [6.45, 7) is 3.03. The highest BCUT2D eigenvalue weighted by Crippen LogP contribution is 2.20. The Bertz CT molecular complexity index is 1030. The number of halogens is 3. The number of hydrogen-bond donors (Lipinski definition) is 4. The van der Waals surface area contributed by atoms with Gasteiger partial charge in [-0.2, -0.15) is 0 Å². The van der Waals surface area contributed by atoms with Crippen molar-refractivity contribution in [3.8, 4) is 11.3 Å². The normalized spacial score (nSPS) is 14.6. The lowest BCUT2D eigenvalue weighted by molar-refractivity contribution is 0.0661. The second kappa shape index (κ2) is 14.7. The van der Waals surface area contributed by atoms with Gasteiger partial charge in [-0.25, -0.2) is 9.97 Å². The molecular weight excluding hydrogens is 499 g/mol. The summed E-state index contributed by atoms with van der Waals surface area (Å²) in [5, 5.41) is 9.60. The lowest BCUT2D eigenvalue weighted by Gasteiger charge is -2.24. The number of para-hydroxylation sites is 2. The SMILES string of the molecule is Cl.Cl.Cl.Nc1ccccc1NC(=O)c1ccc(-c2ccnc(CCNC3COCCN3)n2)cc1. The Morgan fingerprint density at radius 1 is 1.09 bits per heavy atom. The molecule has 0 radical (unpaired) electrons. The van der Waals surface area contributed by atoms with Gasteiger partial charge in [0.1, 0.15) is 5.82 Å². The Morgan fingerprint density at radius 3 is 2.56 bits per heavy atom. The first-order valence-corrected chi connectivity index (χ1v) is 10.3. The topological polar surface area (TPSA) is 114 Å². The van der Waals surface area contributed by atoms with Crippen LogP contribution in [0.1, 0.15) is 16.2 Å². The molecular formula is C23H29Cl3N6O2. The fourth-order valence-corrected chi connectivity index (χ4v) is 3.33. The third-order valence-electron chi connectivity index (χ3n) is 5.02. The molecule has 184 valence electrons. The number of benzene rings is 2. The zero-order valence-electron chi connectivity index (χ0n) is 18.4. The van der Waals surface area contributed by atoms with Gasteiger partial charge < -0.3 is 15.8 Å². The standard InChI is InChI=1S/C23H26N6O2.3ClH/c24-18-3-1-2-4-20(18)29-23(30)17-7-5-16(6-8-17)19-9-11-25-21(28-19)10-12-26-22-15-31-14-13-27-22;;;/h1-9,11,22,26-27H,10,12-15,24H2,(H,29,30);3*1H. The van der Waals surface area contributed by atoms with Crippen molar-refractivity contribution in [1.29, 1.82) is 0 Å². The Balaban J connectivity index is 0.00000193. The first-order chi connectivity index (χ1) is 15.2. The number of amides is 1. The van der Waals surface area contributed by atoms with Crippen LogP contribution in [0.25, 0.3) is 11.3 Å². The molecule has 0 saturated carbocycles. The Kier molecular flexibility index (Phi) is 12.8. The summed E-state index contributed by atoms with van der Waals surface area (Å²) in [7, 11) is 0. The molecule has 1 aliphatic heterocycles. The first-order valence-electron chi connectivity index (χ1n) is 10.3. The maximum absolute atomic E-state index is 12.5. The molecule has 1 aromatic heterocycles. The zero-order valence-corrected chi connectivity index (χ0v) is 20.8. The van der Waals surface area contributed by atoms with E-state index in [1.165, 1.54) is 0 Å². The highest BCUT2D eigenvalue weighted by atomic mass is 35.5. The molecule has 0 spiro atoms. The largest absolute Gasteiger partial charge is 0.397 e. The molecule has 0 aliphatic carbocycles. The molecule has 11 heteroatoms. The number of nitrogens with two attached hydrogens (primary N) is 1. The number of nitrogens with zero attached hydrogens (tertiary/aromatic N) is 2. The second-order valence-electron chi connectivity index (χ2n) is 7.26. The van der Waals surface area contributed by atoms with E-state index < -0.39 is 0 Å². The monoisotopic (exact) mass is 526 g/mol. The van der Waals surface area contributed by atoms with Crippen molar-refractivity contribution in [2.75, 3.05) is 37.4 Å². The quantitative estimate of drug-likeness (QED) is 0.349. The van der Waals surface area contributed by atoms with E-state index in [1.807, 2.05) is 30.3 Å². The van der Waals surface area contributed by atoms with E-state index in [4.69, 9.17) is 10.5 Å². The second-order valence-corrected chi connectivity index (χ2v) is 7.26. The molecule has 5 N–H and O–H groups in total. The van der Waals surface area contributed by atoms with Crippen LogP contribution in [-0.4, -0.2) is 48.3 Å². The van der Waals surface area contributed by atoms with Crippen LogP contribution in [0, 0.1) is 0 Å². The van der Waals surface area contributed by atoms with Crippen LogP contribution in [0.4, 0.5) is 11.4 Å². The van der Waals surface area contributed by atoms with E-state index in [0.29, 0.717) is 30.0 Å². The number of nitrogen functional groups attached to an aromatic ring is 1. The molecule has 1 saturated heterocycles. The number of anilines is 2. The number of hydrogen-bond acceptors (Lipinski definition) is 7. The highest BCUT2D eigenvalue weighted by molar-refractivity contribution is 6.05. The third-order valence-corrected chi connectivity index (χ3v) is 5.02. The Morgan fingerprint density at radius 2 is 1.85 bits per heavy atom.